The van der Waals surface area contributed by atoms with Crippen LogP contribution in [0.2, 0.25) is 0 Å². The second-order valence-corrected chi connectivity index (χ2v) is 5.90. The molecule has 5 nitrogen and oxygen atoms in total. The number of benzene rings is 1. The van der Waals surface area contributed by atoms with E-state index in [1.54, 1.807) is 0 Å². The number of nitrogens with one attached hydrogen (secondary N) is 2. The molecule has 5 heteroatoms. The molecule has 0 aliphatic heterocycles. The van der Waals surface area contributed by atoms with Gasteiger partial charge in [-0.2, -0.15) is 0 Å². The summed E-state index contributed by atoms with van der Waals surface area (Å²) in [6.07, 6.45) is 3.93. The predicted molar refractivity (Wildman–Crippen MR) is 87.3 cm³/mol. The molecule has 2 amide bonds. The molecule has 1 aromatic carbocycles. The zero-order valence-electron chi connectivity index (χ0n) is 13.4. The average molecular weight is 306 g/mol. The van der Waals surface area contributed by atoms with Crippen molar-refractivity contribution >= 4 is 11.7 Å². The maximum absolute atomic E-state index is 12.1. The van der Waals surface area contributed by atoms with Gasteiger partial charge in [-0.25, -0.2) is 4.79 Å². The second-order valence-electron chi connectivity index (χ2n) is 5.90. The van der Waals surface area contributed by atoms with E-state index in [1.807, 2.05) is 25.1 Å². The van der Waals surface area contributed by atoms with E-state index in [0.29, 0.717) is 6.61 Å². The van der Waals surface area contributed by atoms with Gasteiger partial charge >= 0.3 is 6.03 Å². The van der Waals surface area contributed by atoms with Crippen LogP contribution in [0.25, 0.3) is 0 Å². The van der Waals surface area contributed by atoms with Crippen LogP contribution in [-0.4, -0.2) is 30.4 Å². The summed E-state index contributed by atoms with van der Waals surface area (Å²) < 4.78 is 5.58. The highest BCUT2D eigenvalue weighted by Crippen LogP contribution is 2.25. The van der Waals surface area contributed by atoms with Crippen LogP contribution in [0.3, 0.4) is 0 Å². The van der Waals surface area contributed by atoms with Crippen LogP contribution in [-0.2, 0) is 0 Å². The third kappa shape index (κ3) is 4.37. The molecule has 0 aromatic heterocycles. The Morgan fingerprint density at radius 1 is 1.41 bits per heavy atom. The van der Waals surface area contributed by atoms with Crippen LogP contribution in [0, 0.1) is 12.8 Å². The van der Waals surface area contributed by atoms with Crippen molar-refractivity contribution in [1.29, 1.82) is 0 Å². The quantitative estimate of drug-likeness (QED) is 0.756. The van der Waals surface area contributed by atoms with Gasteiger partial charge in [0.2, 0.25) is 0 Å². The Bertz CT molecular complexity index is 505. The number of ether oxygens (including phenoxy) is 1. The summed E-state index contributed by atoms with van der Waals surface area (Å²) in [4.78, 5) is 12.1. The van der Waals surface area contributed by atoms with E-state index in [2.05, 4.69) is 17.6 Å². The molecule has 1 aliphatic carbocycles. The van der Waals surface area contributed by atoms with Gasteiger partial charge in [0.25, 0.3) is 0 Å². The molecule has 1 fully saturated rings. The molecule has 0 radical (unpaired) electrons. The number of anilines is 1. The molecule has 0 spiro atoms. The Balaban J connectivity index is 1.91. The van der Waals surface area contributed by atoms with Crippen LogP contribution < -0.4 is 15.4 Å². The number of urea groups is 1. The molecule has 122 valence electrons. The van der Waals surface area contributed by atoms with Crippen molar-refractivity contribution in [3.8, 4) is 5.75 Å². The lowest BCUT2D eigenvalue weighted by Gasteiger charge is -2.20. The molecule has 0 bridgehead atoms. The van der Waals surface area contributed by atoms with Crippen LogP contribution in [0.15, 0.2) is 18.2 Å². The zero-order chi connectivity index (χ0) is 15.9. The number of rotatable bonds is 6. The number of hydrogen-bond donors (Lipinski definition) is 3. The highest BCUT2D eigenvalue weighted by atomic mass is 16.5. The molecule has 0 saturated heterocycles. The van der Waals surface area contributed by atoms with Gasteiger partial charge in [0, 0.05) is 24.3 Å². The normalized spacial score (nSPS) is 20.7. The largest absolute Gasteiger partial charge is 0.494 e. The summed E-state index contributed by atoms with van der Waals surface area (Å²) in [5, 5.41) is 15.1. The molecule has 1 saturated carbocycles. The molecule has 1 aromatic rings. The van der Waals surface area contributed by atoms with Crippen molar-refractivity contribution < 1.29 is 14.6 Å². The van der Waals surface area contributed by atoms with Crippen molar-refractivity contribution in [3.63, 3.8) is 0 Å². The predicted octanol–water partition coefficient (Wildman–Crippen LogP) is 3.07. The number of carbonyl (C=O) groups excluding carboxylic acids is 1. The van der Waals surface area contributed by atoms with Crippen LogP contribution in [0.4, 0.5) is 10.5 Å². The van der Waals surface area contributed by atoms with Gasteiger partial charge in [0.05, 0.1) is 6.61 Å². The second kappa shape index (κ2) is 8.03. The van der Waals surface area contributed by atoms with Crippen molar-refractivity contribution in [1.82, 2.24) is 5.32 Å². The summed E-state index contributed by atoms with van der Waals surface area (Å²) in [6, 6.07) is 5.51. The fourth-order valence-electron chi connectivity index (χ4n) is 2.86. The molecule has 22 heavy (non-hydrogen) atoms. The summed E-state index contributed by atoms with van der Waals surface area (Å²) in [5.74, 6) is 0.998. The monoisotopic (exact) mass is 306 g/mol. The van der Waals surface area contributed by atoms with Crippen molar-refractivity contribution in [2.45, 2.75) is 45.6 Å². The maximum atomic E-state index is 12.1. The number of aryl methyl sites for hydroxylation is 1. The van der Waals surface area contributed by atoms with Gasteiger partial charge in [-0.1, -0.05) is 13.3 Å². The Morgan fingerprint density at radius 3 is 2.91 bits per heavy atom. The number of aliphatic hydroxyl groups excluding tert-OH is 1. The van der Waals surface area contributed by atoms with Gasteiger partial charge in [-0.05, 0) is 49.9 Å². The van der Waals surface area contributed by atoms with Gasteiger partial charge in [-0.15, -0.1) is 0 Å². The first-order chi connectivity index (χ1) is 10.6. The smallest absolute Gasteiger partial charge is 0.319 e. The molecule has 0 heterocycles. The Kier molecular flexibility index (Phi) is 6.07. The Hall–Kier alpha value is -1.75. The van der Waals surface area contributed by atoms with E-state index in [0.717, 1.165) is 42.7 Å². The average Bonchev–Trinajstić information content (AvgIpc) is 2.94. The van der Waals surface area contributed by atoms with E-state index in [4.69, 9.17) is 4.74 Å². The number of amides is 2. The van der Waals surface area contributed by atoms with E-state index < -0.39 is 0 Å². The van der Waals surface area contributed by atoms with E-state index in [9.17, 15) is 9.90 Å². The minimum atomic E-state index is -0.212. The van der Waals surface area contributed by atoms with Crippen molar-refractivity contribution in [2.24, 2.45) is 5.92 Å². The number of aliphatic hydroxyl groups is 1. The van der Waals surface area contributed by atoms with Crippen molar-refractivity contribution in [2.75, 3.05) is 18.5 Å². The van der Waals surface area contributed by atoms with Gasteiger partial charge in [0.15, 0.2) is 0 Å². The summed E-state index contributed by atoms with van der Waals surface area (Å²) in [6.45, 7) is 4.83. The summed E-state index contributed by atoms with van der Waals surface area (Å²) in [7, 11) is 0. The number of hydrogen-bond acceptors (Lipinski definition) is 3. The first kappa shape index (κ1) is 16.6. The first-order valence-electron chi connectivity index (χ1n) is 8.06. The van der Waals surface area contributed by atoms with Crippen LogP contribution in [0.5, 0.6) is 5.75 Å². The van der Waals surface area contributed by atoms with Crippen LogP contribution in [0.1, 0.15) is 38.2 Å². The summed E-state index contributed by atoms with van der Waals surface area (Å²) in [5.41, 5.74) is 1.74. The molecular formula is C17H26N2O3. The maximum Gasteiger partial charge on any atom is 0.319 e. The minimum absolute atomic E-state index is 0.0671. The lowest BCUT2D eigenvalue weighted by molar-refractivity contribution is 0.203. The highest BCUT2D eigenvalue weighted by Gasteiger charge is 2.27. The third-order valence-electron chi connectivity index (χ3n) is 4.13. The molecule has 0 unspecified atom stereocenters. The van der Waals surface area contributed by atoms with E-state index >= 15 is 0 Å². The molecular weight excluding hydrogens is 280 g/mol. The SMILES string of the molecule is CCCOc1ccc(NC(=O)N[C@@H]2CCC[C@H]2CO)c(C)c1. The highest BCUT2D eigenvalue weighted by molar-refractivity contribution is 5.90. The zero-order valence-corrected chi connectivity index (χ0v) is 13.4. The third-order valence-corrected chi connectivity index (χ3v) is 4.13. The Labute approximate surface area is 132 Å². The lowest BCUT2D eigenvalue weighted by Crippen LogP contribution is -2.41. The standard InChI is InChI=1S/C17H26N2O3/c1-3-9-22-14-7-8-15(12(2)10-14)18-17(21)19-16-6-4-5-13(16)11-20/h7-8,10,13,16,20H,3-6,9,11H2,1-2H3,(H2,18,19,21)/t13-,16+/m0/s1. The van der Waals surface area contributed by atoms with E-state index in [-0.39, 0.29) is 24.6 Å². The van der Waals surface area contributed by atoms with Crippen molar-refractivity contribution in [3.05, 3.63) is 23.8 Å². The molecule has 3 N–H and O–H groups in total. The van der Waals surface area contributed by atoms with Gasteiger partial charge in [-0.3, -0.25) is 0 Å². The fourth-order valence-corrected chi connectivity index (χ4v) is 2.86. The molecule has 1 aliphatic rings. The molecule has 2 atom stereocenters. The minimum Gasteiger partial charge on any atom is -0.494 e. The van der Waals surface area contributed by atoms with Crippen LogP contribution >= 0.6 is 0 Å². The van der Waals surface area contributed by atoms with Gasteiger partial charge in [0.1, 0.15) is 5.75 Å². The summed E-state index contributed by atoms with van der Waals surface area (Å²) >= 11 is 0. The number of carbonyl (C=O) groups is 1. The molecule has 2 rings (SSSR count). The fraction of sp³-hybridized carbons (Fsp3) is 0.588. The topological polar surface area (TPSA) is 70.6 Å². The first-order valence-corrected chi connectivity index (χ1v) is 8.06. The lowest BCUT2D eigenvalue weighted by atomic mass is 10.1. The van der Waals surface area contributed by atoms with E-state index in [1.165, 1.54) is 0 Å². The Morgan fingerprint density at radius 2 is 2.23 bits per heavy atom. The van der Waals surface area contributed by atoms with Gasteiger partial charge < -0.3 is 20.5 Å².